The van der Waals surface area contributed by atoms with Gasteiger partial charge in [0.15, 0.2) is 5.82 Å². The molecule has 0 saturated carbocycles. The molecule has 0 atom stereocenters. The summed E-state index contributed by atoms with van der Waals surface area (Å²) in [7, 11) is 0. The highest BCUT2D eigenvalue weighted by Crippen LogP contribution is 2.38. The topological polar surface area (TPSA) is 26.0 Å². The highest BCUT2D eigenvalue weighted by molar-refractivity contribution is 5.71. The molecule has 0 fully saturated rings. The lowest BCUT2D eigenvalue weighted by molar-refractivity contribution is -0.137. The van der Waals surface area contributed by atoms with Crippen molar-refractivity contribution in [3.8, 4) is 11.1 Å². The van der Waals surface area contributed by atoms with E-state index in [0.29, 0.717) is 0 Å². The van der Waals surface area contributed by atoms with E-state index in [-0.39, 0.29) is 16.8 Å². The van der Waals surface area contributed by atoms with Crippen LogP contribution < -0.4 is 5.73 Å². The zero-order valence-electron chi connectivity index (χ0n) is 9.13. The van der Waals surface area contributed by atoms with Gasteiger partial charge in [0.1, 0.15) is 0 Å². The second-order valence-corrected chi connectivity index (χ2v) is 3.75. The third-order valence-corrected chi connectivity index (χ3v) is 2.55. The van der Waals surface area contributed by atoms with Crippen LogP contribution in [-0.2, 0) is 6.18 Å². The largest absolute Gasteiger partial charge is 0.417 e. The molecule has 0 aliphatic heterocycles. The van der Waals surface area contributed by atoms with Crippen molar-refractivity contribution in [3.63, 3.8) is 0 Å². The highest BCUT2D eigenvalue weighted by atomic mass is 19.4. The van der Waals surface area contributed by atoms with E-state index in [9.17, 15) is 17.6 Å². The Morgan fingerprint density at radius 2 is 1.44 bits per heavy atom. The van der Waals surface area contributed by atoms with Crippen molar-refractivity contribution >= 4 is 5.69 Å². The minimum atomic E-state index is -4.53. The quantitative estimate of drug-likeness (QED) is 0.602. The first-order valence-electron chi connectivity index (χ1n) is 5.12. The van der Waals surface area contributed by atoms with E-state index in [1.807, 2.05) is 0 Å². The first kappa shape index (κ1) is 12.4. The second-order valence-electron chi connectivity index (χ2n) is 3.75. The summed E-state index contributed by atoms with van der Waals surface area (Å²) < 4.78 is 52.2. The van der Waals surface area contributed by atoms with E-state index >= 15 is 0 Å². The molecule has 0 spiro atoms. The first-order valence-corrected chi connectivity index (χ1v) is 5.12. The van der Waals surface area contributed by atoms with Gasteiger partial charge in [-0.1, -0.05) is 30.3 Å². The number of nitrogen functional groups attached to an aromatic ring is 1. The van der Waals surface area contributed by atoms with Crippen LogP contribution in [0.4, 0.5) is 23.2 Å². The summed E-state index contributed by atoms with van der Waals surface area (Å²) in [5, 5.41) is 0. The van der Waals surface area contributed by atoms with Gasteiger partial charge in [0.2, 0.25) is 0 Å². The molecule has 2 aromatic carbocycles. The zero-order valence-corrected chi connectivity index (χ0v) is 9.13. The first-order chi connectivity index (χ1) is 8.41. The summed E-state index contributed by atoms with van der Waals surface area (Å²) >= 11 is 0. The molecule has 5 heteroatoms. The Balaban J connectivity index is 2.69. The minimum Gasteiger partial charge on any atom is -0.396 e. The Bertz CT molecular complexity index is 575. The molecule has 0 amide bonds. The van der Waals surface area contributed by atoms with Crippen molar-refractivity contribution in [1.29, 1.82) is 0 Å². The molecule has 94 valence electrons. The zero-order chi connectivity index (χ0) is 13.3. The maximum absolute atomic E-state index is 13.8. The Morgan fingerprint density at radius 1 is 0.833 bits per heavy atom. The lowest BCUT2D eigenvalue weighted by Gasteiger charge is -2.13. The van der Waals surface area contributed by atoms with E-state index in [2.05, 4.69) is 0 Å². The monoisotopic (exact) mass is 255 g/mol. The van der Waals surface area contributed by atoms with Crippen molar-refractivity contribution in [3.05, 3.63) is 53.8 Å². The van der Waals surface area contributed by atoms with Gasteiger partial charge in [-0.25, -0.2) is 4.39 Å². The van der Waals surface area contributed by atoms with Crippen molar-refractivity contribution in [2.24, 2.45) is 0 Å². The Hall–Kier alpha value is -2.04. The predicted molar refractivity (Wildman–Crippen MR) is 61.3 cm³/mol. The second kappa shape index (κ2) is 4.33. The molecular formula is C13H9F4N. The number of nitrogens with two attached hydrogens (primary N) is 1. The molecule has 2 aromatic rings. The fourth-order valence-corrected chi connectivity index (χ4v) is 1.72. The van der Waals surface area contributed by atoms with Gasteiger partial charge in [0, 0.05) is 5.56 Å². The van der Waals surface area contributed by atoms with Crippen LogP contribution in [0.2, 0.25) is 0 Å². The van der Waals surface area contributed by atoms with E-state index < -0.39 is 17.6 Å². The Kier molecular flexibility index (Phi) is 2.98. The Labute approximate surface area is 101 Å². The van der Waals surface area contributed by atoms with Gasteiger partial charge in [0.25, 0.3) is 0 Å². The average molecular weight is 255 g/mol. The number of hydrogen-bond acceptors (Lipinski definition) is 1. The fourth-order valence-electron chi connectivity index (χ4n) is 1.72. The van der Waals surface area contributed by atoms with Crippen LogP contribution >= 0.6 is 0 Å². The van der Waals surface area contributed by atoms with Gasteiger partial charge in [-0.15, -0.1) is 0 Å². The smallest absolute Gasteiger partial charge is 0.396 e. The van der Waals surface area contributed by atoms with Crippen LogP contribution in [0.5, 0.6) is 0 Å². The molecule has 0 aliphatic carbocycles. The lowest BCUT2D eigenvalue weighted by Crippen LogP contribution is -2.07. The summed E-state index contributed by atoms with van der Waals surface area (Å²) in [4.78, 5) is 0. The molecular weight excluding hydrogens is 246 g/mol. The molecule has 0 radical (unpaired) electrons. The van der Waals surface area contributed by atoms with Crippen molar-refractivity contribution in [1.82, 2.24) is 0 Å². The maximum Gasteiger partial charge on any atom is 0.417 e. The van der Waals surface area contributed by atoms with Gasteiger partial charge < -0.3 is 5.73 Å². The normalized spacial score (nSPS) is 11.6. The van der Waals surface area contributed by atoms with E-state index in [0.717, 1.165) is 6.07 Å². The third kappa shape index (κ3) is 2.16. The van der Waals surface area contributed by atoms with Gasteiger partial charge in [-0.3, -0.25) is 0 Å². The van der Waals surface area contributed by atoms with Crippen molar-refractivity contribution < 1.29 is 17.6 Å². The summed E-state index contributed by atoms with van der Waals surface area (Å²) in [5.74, 6) is -0.839. The molecule has 0 bridgehead atoms. The Morgan fingerprint density at radius 3 is 2.11 bits per heavy atom. The number of rotatable bonds is 1. The van der Waals surface area contributed by atoms with Gasteiger partial charge in [-0.2, -0.15) is 13.2 Å². The number of benzene rings is 2. The molecule has 0 saturated heterocycles. The summed E-state index contributed by atoms with van der Waals surface area (Å²) in [5.41, 5.74) is 3.94. The average Bonchev–Trinajstić information content (AvgIpc) is 2.32. The third-order valence-electron chi connectivity index (χ3n) is 2.55. The minimum absolute atomic E-state index is 0.150. The lowest BCUT2D eigenvalue weighted by atomic mass is 9.98. The molecule has 18 heavy (non-hydrogen) atoms. The summed E-state index contributed by atoms with van der Waals surface area (Å²) in [6.07, 6.45) is -4.53. The van der Waals surface area contributed by atoms with Crippen LogP contribution in [0.15, 0.2) is 42.5 Å². The van der Waals surface area contributed by atoms with E-state index in [1.54, 1.807) is 0 Å². The van der Waals surface area contributed by atoms with Crippen LogP contribution in [0.3, 0.4) is 0 Å². The van der Waals surface area contributed by atoms with Crippen molar-refractivity contribution in [2.45, 2.75) is 6.18 Å². The number of halogens is 4. The number of hydrogen-bond donors (Lipinski definition) is 1. The number of anilines is 1. The SMILES string of the molecule is Nc1cccc(-c2ccccc2C(F)(F)F)c1F. The highest BCUT2D eigenvalue weighted by Gasteiger charge is 2.33. The van der Waals surface area contributed by atoms with Crippen LogP contribution in [0.1, 0.15) is 5.56 Å². The number of alkyl halides is 3. The molecule has 0 heterocycles. The van der Waals surface area contributed by atoms with E-state index in [4.69, 9.17) is 5.73 Å². The van der Waals surface area contributed by atoms with Crippen LogP contribution in [0.25, 0.3) is 11.1 Å². The molecule has 0 aromatic heterocycles. The molecule has 2 N–H and O–H groups in total. The standard InChI is InChI=1S/C13H9F4N/c14-12-9(5-3-7-11(12)18)8-4-1-2-6-10(8)13(15,16)17/h1-7H,18H2. The summed E-state index contributed by atoms with van der Waals surface area (Å²) in [6, 6.07) is 8.81. The predicted octanol–water partition coefficient (Wildman–Crippen LogP) is 4.09. The molecule has 0 unspecified atom stereocenters. The molecule has 2 rings (SSSR count). The van der Waals surface area contributed by atoms with Crippen LogP contribution in [-0.4, -0.2) is 0 Å². The van der Waals surface area contributed by atoms with Gasteiger partial charge in [-0.05, 0) is 17.7 Å². The van der Waals surface area contributed by atoms with Crippen molar-refractivity contribution in [2.75, 3.05) is 5.73 Å². The van der Waals surface area contributed by atoms with E-state index in [1.165, 1.54) is 36.4 Å². The fraction of sp³-hybridized carbons (Fsp3) is 0.0769. The van der Waals surface area contributed by atoms with Crippen LogP contribution in [0, 0.1) is 5.82 Å². The molecule has 1 nitrogen and oxygen atoms in total. The van der Waals surface area contributed by atoms with Gasteiger partial charge in [0.05, 0.1) is 11.3 Å². The summed E-state index contributed by atoms with van der Waals surface area (Å²) in [6.45, 7) is 0. The molecule has 0 aliphatic rings. The maximum atomic E-state index is 13.8. The van der Waals surface area contributed by atoms with Gasteiger partial charge >= 0.3 is 6.18 Å².